The van der Waals surface area contributed by atoms with E-state index in [-0.39, 0.29) is 11.5 Å². The topological polar surface area (TPSA) is 93.1 Å². The zero-order chi connectivity index (χ0) is 30.6. The Kier molecular flexibility index (Phi) is 4.81. The molecule has 2 N–H and O–H groups in total. The van der Waals surface area contributed by atoms with Crippen LogP contribution in [0.5, 0.6) is 11.5 Å². The van der Waals surface area contributed by atoms with Crippen molar-refractivity contribution in [2.24, 2.45) is 0 Å². The summed E-state index contributed by atoms with van der Waals surface area (Å²) in [7, 11) is 0. The van der Waals surface area contributed by atoms with Crippen LogP contribution in [0.4, 0.5) is 11.4 Å². The van der Waals surface area contributed by atoms with Crippen LogP contribution in [0.3, 0.4) is 0 Å². The maximum atomic E-state index is 14.9. The molecule has 6 aromatic carbocycles. The number of rotatable bonds is 2. The lowest BCUT2D eigenvalue weighted by Crippen LogP contribution is -2.63. The van der Waals surface area contributed by atoms with Crippen molar-refractivity contribution in [3.63, 3.8) is 0 Å². The fourth-order valence-corrected chi connectivity index (χ4v) is 10.3. The smallest absolute Gasteiger partial charge is 0.123 e. The van der Waals surface area contributed by atoms with E-state index in [1.165, 1.54) is 27.6 Å². The summed E-state index contributed by atoms with van der Waals surface area (Å²) >= 11 is 0. The van der Waals surface area contributed by atoms with Crippen molar-refractivity contribution in [3.8, 4) is 11.5 Å². The Morgan fingerprint density at radius 3 is 1.37 bits per heavy atom. The van der Waals surface area contributed by atoms with Gasteiger partial charge in [-0.25, -0.2) is 0 Å². The molecule has 46 heavy (non-hydrogen) atoms. The first-order valence-electron chi connectivity index (χ1n) is 16.8. The largest absolute Gasteiger partial charge is 0.851 e. The molecule has 228 valence electrons. The number of nitrogens with zero attached hydrogens (tertiary/aromatic N) is 2. The van der Waals surface area contributed by atoms with Gasteiger partial charge < -0.3 is 30.2 Å². The van der Waals surface area contributed by atoms with Crippen molar-refractivity contribution >= 4 is 54.5 Å². The molecule has 0 bridgehead atoms. The van der Waals surface area contributed by atoms with Crippen LogP contribution >= 0.6 is 0 Å². The Morgan fingerprint density at radius 1 is 0.478 bits per heavy atom. The van der Waals surface area contributed by atoms with Gasteiger partial charge in [0.15, 0.2) is 0 Å². The van der Waals surface area contributed by atoms with E-state index in [9.17, 15) is 20.4 Å². The standard InChI is InChI=1S/C40H32N2O4/c43-25-9-7-21-13-17-42-18-14-22-8-10-26(44)33-30(22)38(42)29(21)32(25)34(33)36-39(45)35(40(36)46)31-23-5-1-3-19-11-15-41-16-12-20-4-2-6-24(31)28(20)37(41)27(19)23/h1-10,35-36,39-40,43-44H,11-18H2/q-2. The lowest BCUT2D eigenvalue weighted by molar-refractivity contribution is -0.535. The van der Waals surface area contributed by atoms with Crippen LogP contribution in [0.15, 0.2) is 60.7 Å². The molecule has 2 unspecified atom stereocenters. The Morgan fingerprint density at radius 2 is 0.891 bits per heavy atom. The van der Waals surface area contributed by atoms with Crippen LogP contribution in [-0.2, 0) is 25.7 Å². The van der Waals surface area contributed by atoms with Crippen molar-refractivity contribution < 1.29 is 20.4 Å². The number of anilines is 2. The number of benzene rings is 6. The van der Waals surface area contributed by atoms with Crippen molar-refractivity contribution in [2.75, 3.05) is 36.0 Å². The van der Waals surface area contributed by atoms with Gasteiger partial charge in [0.25, 0.3) is 0 Å². The van der Waals surface area contributed by atoms with E-state index in [2.05, 4.69) is 46.2 Å². The fraction of sp³-hybridized carbons (Fsp3) is 0.300. The second-order valence-corrected chi connectivity index (χ2v) is 14.1. The second kappa shape index (κ2) is 8.64. The van der Waals surface area contributed by atoms with Gasteiger partial charge in [0.1, 0.15) is 11.5 Å². The van der Waals surface area contributed by atoms with E-state index < -0.39 is 24.0 Å². The van der Waals surface area contributed by atoms with E-state index in [1.807, 2.05) is 12.1 Å². The summed E-state index contributed by atoms with van der Waals surface area (Å²) in [5, 5.41) is 60.3. The number of phenolic OH excluding ortho intramolecular Hbond substituents is 2. The van der Waals surface area contributed by atoms with E-state index in [1.54, 1.807) is 12.1 Å². The van der Waals surface area contributed by atoms with Gasteiger partial charge in [-0.05, 0) is 93.8 Å². The van der Waals surface area contributed by atoms with Crippen LogP contribution in [0, 0.1) is 0 Å². The molecular weight excluding hydrogens is 572 g/mol. The summed E-state index contributed by atoms with van der Waals surface area (Å²) in [6, 6.07) is 20.2. The zero-order valence-electron chi connectivity index (χ0n) is 25.3. The normalized spacial score (nSPS) is 24.1. The molecule has 6 aromatic rings. The highest BCUT2D eigenvalue weighted by molar-refractivity contribution is 6.21. The third kappa shape index (κ3) is 2.92. The molecule has 4 aliphatic heterocycles. The predicted octanol–water partition coefficient (Wildman–Crippen LogP) is 4.89. The van der Waals surface area contributed by atoms with E-state index >= 15 is 0 Å². The van der Waals surface area contributed by atoms with Crippen LogP contribution in [0.1, 0.15) is 45.2 Å². The molecule has 6 heteroatoms. The minimum absolute atomic E-state index is 0.0749. The zero-order valence-corrected chi connectivity index (χ0v) is 25.3. The van der Waals surface area contributed by atoms with Gasteiger partial charge in [0.2, 0.25) is 0 Å². The SMILES string of the molecule is [O-]C1C(c2c3cccc4c3c3c5c(cccc25)CCN3CC4)C([O-])C1c1c2c(O)ccc3c2c2c4c(ccc(O)c14)CCN2CC3. The van der Waals surface area contributed by atoms with E-state index in [0.29, 0.717) is 16.3 Å². The summed E-state index contributed by atoms with van der Waals surface area (Å²) in [5.41, 5.74) is 8.58. The third-order valence-corrected chi connectivity index (χ3v) is 12.2. The van der Waals surface area contributed by atoms with Crippen molar-refractivity contribution in [1.29, 1.82) is 0 Å². The molecule has 0 saturated heterocycles. The quantitative estimate of drug-likeness (QED) is 0.274. The summed E-state index contributed by atoms with van der Waals surface area (Å²) in [4.78, 5) is 4.85. The first-order valence-corrected chi connectivity index (χ1v) is 16.8. The average Bonchev–Trinajstić information content (AvgIpc) is 3.08. The fourth-order valence-electron chi connectivity index (χ4n) is 10.3. The summed E-state index contributed by atoms with van der Waals surface area (Å²) in [6.45, 7) is 3.71. The van der Waals surface area contributed by atoms with Gasteiger partial charge in [-0.3, -0.25) is 0 Å². The van der Waals surface area contributed by atoms with Gasteiger partial charge in [-0.2, -0.15) is 0 Å². The molecule has 5 aliphatic rings. The highest BCUT2D eigenvalue weighted by atomic mass is 16.3. The summed E-state index contributed by atoms with van der Waals surface area (Å²) in [6.07, 6.45) is 1.14. The third-order valence-electron chi connectivity index (χ3n) is 12.2. The maximum absolute atomic E-state index is 14.9. The number of phenols is 2. The molecule has 2 atom stereocenters. The Labute approximate surface area is 265 Å². The van der Waals surface area contributed by atoms with Gasteiger partial charge in [-0.15, -0.1) is 12.2 Å². The van der Waals surface area contributed by atoms with E-state index in [0.717, 1.165) is 95.8 Å². The minimum Gasteiger partial charge on any atom is -0.851 e. The second-order valence-electron chi connectivity index (χ2n) is 14.1. The minimum atomic E-state index is -1.22. The molecule has 1 aliphatic carbocycles. The van der Waals surface area contributed by atoms with Crippen LogP contribution in [0.25, 0.3) is 43.1 Å². The van der Waals surface area contributed by atoms with Crippen molar-refractivity contribution in [2.45, 2.75) is 49.7 Å². The lowest BCUT2D eigenvalue weighted by Gasteiger charge is -2.62. The molecule has 1 fully saturated rings. The maximum Gasteiger partial charge on any atom is 0.123 e. The van der Waals surface area contributed by atoms with Crippen LogP contribution in [0.2, 0.25) is 0 Å². The molecule has 0 radical (unpaired) electrons. The van der Waals surface area contributed by atoms with Crippen molar-refractivity contribution in [3.05, 3.63) is 94.0 Å². The highest BCUT2D eigenvalue weighted by Crippen LogP contribution is 2.59. The number of hydrogen-bond donors (Lipinski definition) is 2. The highest BCUT2D eigenvalue weighted by Gasteiger charge is 2.44. The molecule has 0 spiro atoms. The molecule has 1 saturated carbocycles. The van der Waals surface area contributed by atoms with Gasteiger partial charge in [-0.1, -0.05) is 48.5 Å². The Bertz CT molecular complexity index is 2230. The van der Waals surface area contributed by atoms with Crippen molar-refractivity contribution in [1.82, 2.24) is 0 Å². The van der Waals surface area contributed by atoms with Crippen LogP contribution in [-0.4, -0.2) is 48.6 Å². The monoisotopic (exact) mass is 604 g/mol. The predicted molar refractivity (Wildman–Crippen MR) is 179 cm³/mol. The summed E-state index contributed by atoms with van der Waals surface area (Å²) < 4.78 is 0. The molecule has 11 rings (SSSR count). The average molecular weight is 605 g/mol. The Hall–Kier alpha value is -4.52. The first-order chi connectivity index (χ1) is 22.5. The van der Waals surface area contributed by atoms with Gasteiger partial charge >= 0.3 is 0 Å². The lowest BCUT2D eigenvalue weighted by atomic mass is 9.60. The van der Waals surface area contributed by atoms with Gasteiger partial charge in [0.05, 0.1) is 11.4 Å². The number of aromatic hydroxyl groups is 2. The molecule has 0 amide bonds. The molecule has 6 nitrogen and oxygen atoms in total. The van der Waals surface area contributed by atoms with Gasteiger partial charge in [0, 0.05) is 58.5 Å². The van der Waals surface area contributed by atoms with Crippen LogP contribution < -0.4 is 20.0 Å². The summed E-state index contributed by atoms with van der Waals surface area (Å²) in [5.74, 6) is -1.48. The Balaban J connectivity index is 1.19. The molecule has 0 aromatic heterocycles. The first kappa shape index (κ1) is 25.6. The molecule has 4 heterocycles. The van der Waals surface area contributed by atoms with E-state index in [4.69, 9.17) is 0 Å². The molecular formula is C40H32N2O4-2. The number of hydrogen-bond acceptors (Lipinski definition) is 6.